The van der Waals surface area contributed by atoms with E-state index in [0.29, 0.717) is 31.7 Å². The zero-order chi connectivity index (χ0) is 20.5. The third kappa shape index (κ3) is 3.77. The van der Waals surface area contributed by atoms with E-state index >= 15 is 0 Å². The molecule has 0 saturated carbocycles. The average Bonchev–Trinajstić information content (AvgIpc) is 3.01. The van der Waals surface area contributed by atoms with Gasteiger partial charge in [-0.05, 0) is 43.0 Å². The number of hydrogen-bond donors (Lipinski definition) is 1. The SMILES string of the molecule is Cc1nn(C)c2nc(C(C)C)cc(C(=O)NCCc3ccc4c(c3)OCCO4)c12. The van der Waals surface area contributed by atoms with Crippen LogP contribution in [0.15, 0.2) is 24.3 Å². The second kappa shape index (κ2) is 7.73. The lowest BCUT2D eigenvalue weighted by atomic mass is 10.0. The summed E-state index contributed by atoms with van der Waals surface area (Å²) in [6, 6.07) is 7.80. The number of nitrogens with one attached hydrogen (secondary N) is 1. The van der Waals surface area contributed by atoms with E-state index in [1.165, 1.54) is 0 Å². The van der Waals surface area contributed by atoms with Crippen LogP contribution in [0.25, 0.3) is 11.0 Å². The van der Waals surface area contributed by atoms with Crippen LogP contribution in [-0.2, 0) is 13.5 Å². The summed E-state index contributed by atoms with van der Waals surface area (Å²) in [5.41, 5.74) is 4.16. The number of hydrogen-bond acceptors (Lipinski definition) is 5. The molecule has 0 bridgehead atoms. The monoisotopic (exact) mass is 394 g/mol. The van der Waals surface area contributed by atoms with Gasteiger partial charge in [-0.3, -0.25) is 9.48 Å². The zero-order valence-electron chi connectivity index (χ0n) is 17.3. The Morgan fingerprint density at radius 2 is 1.97 bits per heavy atom. The Morgan fingerprint density at radius 1 is 1.21 bits per heavy atom. The van der Waals surface area contributed by atoms with Gasteiger partial charge in [-0.1, -0.05) is 19.9 Å². The van der Waals surface area contributed by atoms with Crippen LogP contribution < -0.4 is 14.8 Å². The predicted molar refractivity (Wildman–Crippen MR) is 111 cm³/mol. The minimum absolute atomic E-state index is 0.104. The Bertz CT molecular complexity index is 1070. The van der Waals surface area contributed by atoms with Crippen LogP contribution >= 0.6 is 0 Å². The number of benzene rings is 1. The minimum atomic E-state index is -0.104. The highest BCUT2D eigenvalue weighted by molar-refractivity contribution is 6.06. The van der Waals surface area contributed by atoms with Gasteiger partial charge in [0.15, 0.2) is 17.1 Å². The summed E-state index contributed by atoms with van der Waals surface area (Å²) in [6.45, 7) is 7.72. The molecule has 0 spiro atoms. The summed E-state index contributed by atoms with van der Waals surface area (Å²) >= 11 is 0. The number of fused-ring (bicyclic) bond motifs is 2. The van der Waals surface area contributed by atoms with Crippen LogP contribution in [0.3, 0.4) is 0 Å². The molecule has 2 aromatic heterocycles. The van der Waals surface area contributed by atoms with Gasteiger partial charge in [-0.15, -0.1) is 0 Å². The Hall–Kier alpha value is -3.09. The summed E-state index contributed by atoms with van der Waals surface area (Å²) in [7, 11) is 1.86. The summed E-state index contributed by atoms with van der Waals surface area (Å²) in [6.07, 6.45) is 0.708. The van der Waals surface area contributed by atoms with E-state index in [2.05, 4.69) is 24.3 Å². The second-order valence-corrected chi connectivity index (χ2v) is 7.64. The molecule has 3 aromatic rings. The molecule has 1 aromatic carbocycles. The van der Waals surface area contributed by atoms with Crippen molar-refractivity contribution in [2.24, 2.45) is 7.05 Å². The molecule has 0 aliphatic carbocycles. The fraction of sp³-hybridized carbons (Fsp3) is 0.409. The van der Waals surface area contributed by atoms with Gasteiger partial charge >= 0.3 is 0 Å². The predicted octanol–water partition coefficient (Wildman–Crippen LogP) is 3.14. The van der Waals surface area contributed by atoms with Gasteiger partial charge in [-0.25, -0.2) is 4.98 Å². The van der Waals surface area contributed by atoms with E-state index in [1.807, 2.05) is 38.2 Å². The van der Waals surface area contributed by atoms with Crippen molar-refractivity contribution in [3.05, 3.63) is 46.8 Å². The number of aromatic nitrogens is 3. The lowest BCUT2D eigenvalue weighted by molar-refractivity contribution is 0.0955. The molecule has 29 heavy (non-hydrogen) atoms. The van der Waals surface area contributed by atoms with Crippen molar-refractivity contribution in [2.45, 2.75) is 33.1 Å². The van der Waals surface area contributed by atoms with Crippen LogP contribution in [0.1, 0.15) is 47.1 Å². The molecule has 1 amide bonds. The van der Waals surface area contributed by atoms with Crippen molar-refractivity contribution in [3.63, 3.8) is 0 Å². The largest absolute Gasteiger partial charge is 0.486 e. The molecule has 4 rings (SSSR count). The number of nitrogens with zero attached hydrogens (tertiary/aromatic N) is 3. The Morgan fingerprint density at radius 3 is 2.72 bits per heavy atom. The maximum absolute atomic E-state index is 13.0. The van der Waals surface area contributed by atoms with Gasteiger partial charge in [0.1, 0.15) is 13.2 Å². The van der Waals surface area contributed by atoms with Gasteiger partial charge in [0.25, 0.3) is 5.91 Å². The first-order chi connectivity index (χ1) is 13.9. The summed E-state index contributed by atoms with van der Waals surface area (Å²) in [4.78, 5) is 17.7. The van der Waals surface area contributed by atoms with E-state index < -0.39 is 0 Å². The van der Waals surface area contributed by atoms with Crippen molar-refractivity contribution in [2.75, 3.05) is 19.8 Å². The molecule has 7 nitrogen and oxygen atoms in total. The molecule has 0 unspecified atom stereocenters. The van der Waals surface area contributed by atoms with Gasteiger partial charge in [0.05, 0.1) is 16.6 Å². The average molecular weight is 394 g/mol. The normalized spacial score (nSPS) is 13.1. The van der Waals surface area contributed by atoms with Crippen molar-refractivity contribution in [1.82, 2.24) is 20.1 Å². The molecule has 1 aliphatic rings. The third-order valence-corrected chi connectivity index (χ3v) is 5.13. The lowest BCUT2D eigenvalue weighted by Gasteiger charge is -2.19. The quantitative estimate of drug-likeness (QED) is 0.719. The van der Waals surface area contributed by atoms with Crippen LogP contribution in [0.5, 0.6) is 11.5 Å². The van der Waals surface area contributed by atoms with Crippen LogP contribution in [0, 0.1) is 6.92 Å². The van der Waals surface area contributed by atoms with Crippen LogP contribution in [0.4, 0.5) is 0 Å². The fourth-order valence-corrected chi connectivity index (χ4v) is 3.60. The van der Waals surface area contributed by atoms with Gasteiger partial charge in [0.2, 0.25) is 0 Å². The Labute approximate surface area is 170 Å². The number of carbonyl (C=O) groups excluding carboxylic acids is 1. The lowest BCUT2D eigenvalue weighted by Crippen LogP contribution is -2.26. The Balaban J connectivity index is 1.52. The number of pyridine rings is 1. The maximum Gasteiger partial charge on any atom is 0.252 e. The summed E-state index contributed by atoms with van der Waals surface area (Å²) < 4.78 is 12.9. The number of amides is 1. The zero-order valence-corrected chi connectivity index (χ0v) is 17.3. The Kier molecular flexibility index (Phi) is 5.13. The van der Waals surface area contributed by atoms with Crippen molar-refractivity contribution < 1.29 is 14.3 Å². The standard InChI is InChI=1S/C22H26N4O3/c1-13(2)17-12-16(20-14(3)25-26(4)21(20)24-17)22(27)23-8-7-15-5-6-18-19(11-15)29-10-9-28-18/h5-6,11-13H,7-10H2,1-4H3,(H,23,27). The maximum atomic E-state index is 13.0. The highest BCUT2D eigenvalue weighted by atomic mass is 16.6. The van der Waals surface area contributed by atoms with Crippen molar-refractivity contribution in [1.29, 1.82) is 0 Å². The number of carbonyl (C=O) groups is 1. The first-order valence-electron chi connectivity index (χ1n) is 9.95. The molecule has 1 aliphatic heterocycles. The molecule has 3 heterocycles. The molecular formula is C22H26N4O3. The molecule has 7 heteroatoms. The molecule has 0 radical (unpaired) electrons. The smallest absolute Gasteiger partial charge is 0.252 e. The first kappa shape index (κ1) is 19.2. The molecule has 152 valence electrons. The molecular weight excluding hydrogens is 368 g/mol. The summed E-state index contributed by atoms with van der Waals surface area (Å²) in [5.74, 6) is 1.66. The number of rotatable bonds is 5. The van der Waals surface area contributed by atoms with Gasteiger partial charge < -0.3 is 14.8 Å². The first-order valence-corrected chi connectivity index (χ1v) is 9.95. The molecule has 1 N–H and O–H groups in total. The van der Waals surface area contributed by atoms with Crippen LogP contribution in [-0.4, -0.2) is 40.4 Å². The summed E-state index contributed by atoms with van der Waals surface area (Å²) in [5, 5.41) is 8.31. The van der Waals surface area contributed by atoms with E-state index in [4.69, 9.17) is 14.5 Å². The minimum Gasteiger partial charge on any atom is -0.486 e. The molecule has 0 fully saturated rings. The van der Waals surface area contributed by atoms with Crippen molar-refractivity contribution in [3.8, 4) is 11.5 Å². The van der Waals surface area contributed by atoms with Crippen molar-refractivity contribution >= 4 is 16.9 Å². The highest BCUT2D eigenvalue weighted by Crippen LogP contribution is 2.31. The topological polar surface area (TPSA) is 78.3 Å². The third-order valence-electron chi connectivity index (χ3n) is 5.13. The van der Waals surface area contributed by atoms with Crippen LogP contribution in [0.2, 0.25) is 0 Å². The number of ether oxygens (including phenoxy) is 2. The highest BCUT2D eigenvalue weighted by Gasteiger charge is 2.19. The van der Waals surface area contributed by atoms with E-state index in [1.54, 1.807) is 4.68 Å². The van der Waals surface area contributed by atoms with Gasteiger partial charge in [0, 0.05) is 19.3 Å². The van der Waals surface area contributed by atoms with E-state index in [-0.39, 0.29) is 11.8 Å². The fourth-order valence-electron chi connectivity index (χ4n) is 3.60. The second-order valence-electron chi connectivity index (χ2n) is 7.64. The molecule has 0 saturated heterocycles. The van der Waals surface area contributed by atoms with Gasteiger partial charge in [-0.2, -0.15) is 5.10 Å². The van der Waals surface area contributed by atoms with E-state index in [9.17, 15) is 4.79 Å². The number of aryl methyl sites for hydroxylation is 2. The molecule has 0 atom stereocenters. The van der Waals surface area contributed by atoms with E-state index in [0.717, 1.165) is 39.5 Å².